The monoisotopic (exact) mass is 320 g/mol. The lowest BCUT2D eigenvalue weighted by atomic mass is 10.2. The molecule has 0 amide bonds. The molecule has 1 fully saturated rings. The molecule has 1 aliphatic heterocycles. The van der Waals surface area contributed by atoms with E-state index < -0.39 is 0 Å². The van der Waals surface area contributed by atoms with Crippen molar-refractivity contribution >= 4 is 11.6 Å². The molecule has 0 spiro atoms. The van der Waals surface area contributed by atoms with E-state index in [1.54, 1.807) is 0 Å². The summed E-state index contributed by atoms with van der Waals surface area (Å²) < 4.78 is 1.81. The lowest BCUT2D eigenvalue weighted by Gasteiger charge is -2.18. The molecule has 0 radical (unpaired) electrons. The van der Waals surface area contributed by atoms with Crippen molar-refractivity contribution < 1.29 is 0 Å². The third kappa shape index (κ3) is 2.95. The van der Waals surface area contributed by atoms with E-state index in [-0.39, 0.29) is 0 Å². The molecule has 4 rings (SSSR count). The van der Waals surface area contributed by atoms with Gasteiger partial charge in [-0.1, -0.05) is 41.0 Å². The van der Waals surface area contributed by atoms with Crippen molar-refractivity contribution in [3.05, 3.63) is 60.2 Å². The Labute approximate surface area is 141 Å². The Balaban J connectivity index is 1.50. The topological polar surface area (TPSA) is 58.9 Å². The van der Waals surface area contributed by atoms with Gasteiger partial charge < -0.3 is 10.2 Å². The van der Waals surface area contributed by atoms with Crippen LogP contribution in [0, 0.1) is 6.92 Å². The summed E-state index contributed by atoms with van der Waals surface area (Å²) in [5, 5.41) is 15.9. The highest BCUT2D eigenvalue weighted by Gasteiger charge is 2.26. The molecule has 1 saturated heterocycles. The number of rotatable bonds is 4. The van der Waals surface area contributed by atoms with Gasteiger partial charge in [0, 0.05) is 24.8 Å². The largest absolute Gasteiger partial charge is 0.380 e. The zero-order chi connectivity index (χ0) is 16.4. The molecule has 6 heteroatoms. The minimum Gasteiger partial charge on any atom is -0.380 e. The van der Waals surface area contributed by atoms with Crippen LogP contribution in [-0.4, -0.2) is 39.3 Å². The molecule has 1 aromatic heterocycles. The predicted octanol–water partition coefficient (Wildman–Crippen LogP) is 2.66. The standard InChI is InChI=1S/C18H20N6/c1-14-7-9-17(10-8-14)24-18(20-21-22-24)23-12-11-16(13-23)19-15-5-3-2-4-6-15/h2-10,16,19H,11-13H2,1H3. The quantitative estimate of drug-likeness (QED) is 0.801. The fourth-order valence-electron chi connectivity index (χ4n) is 3.06. The summed E-state index contributed by atoms with van der Waals surface area (Å²) in [5.41, 5.74) is 3.37. The van der Waals surface area contributed by atoms with Gasteiger partial charge in [-0.2, -0.15) is 4.68 Å². The first kappa shape index (κ1) is 14.7. The Morgan fingerprint density at radius 1 is 1.04 bits per heavy atom. The van der Waals surface area contributed by atoms with E-state index in [2.05, 4.69) is 56.9 Å². The average molecular weight is 320 g/mol. The van der Waals surface area contributed by atoms with Crippen LogP contribution in [0.3, 0.4) is 0 Å². The van der Waals surface area contributed by atoms with Crippen LogP contribution in [0.1, 0.15) is 12.0 Å². The number of aromatic nitrogens is 4. The number of para-hydroxylation sites is 1. The SMILES string of the molecule is Cc1ccc(-n2nnnc2N2CCC(Nc3ccccc3)C2)cc1. The van der Waals surface area contributed by atoms with Crippen molar-refractivity contribution in [3.63, 3.8) is 0 Å². The zero-order valence-electron chi connectivity index (χ0n) is 13.6. The van der Waals surface area contributed by atoms with Gasteiger partial charge in [-0.3, -0.25) is 0 Å². The Hall–Kier alpha value is -2.89. The van der Waals surface area contributed by atoms with Crippen LogP contribution in [0.2, 0.25) is 0 Å². The molecule has 1 atom stereocenters. The highest BCUT2D eigenvalue weighted by Crippen LogP contribution is 2.22. The second-order valence-electron chi connectivity index (χ2n) is 6.17. The normalized spacial score (nSPS) is 17.2. The molecule has 3 aromatic rings. The van der Waals surface area contributed by atoms with E-state index in [1.807, 2.05) is 35.0 Å². The van der Waals surface area contributed by atoms with Crippen LogP contribution in [-0.2, 0) is 0 Å². The Kier molecular flexibility index (Phi) is 3.86. The van der Waals surface area contributed by atoms with E-state index in [1.165, 1.54) is 5.56 Å². The Morgan fingerprint density at radius 2 is 1.83 bits per heavy atom. The van der Waals surface area contributed by atoms with Crippen molar-refractivity contribution in [1.82, 2.24) is 20.2 Å². The van der Waals surface area contributed by atoms with Crippen LogP contribution >= 0.6 is 0 Å². The number of nitrogens with one attached hydrogen (secondary N) is 1. The summed E-state index contributed by atoms with van der Waals surface area (Å²) in [5.74, 6) is 0.802. The number of benzene rings is 2. The van der Waals surface area contributed by atoms with Crippen LogP contribution in [0.5, 0.6) is 0 Å². The maximum atomic E-state index is 4.24. The first-order valence-corrected chi connectivity index (χ1v) is 8.21. The molecule has 1 aliphatic rings. The maximum Gasteiger partial charge on any atom is 0.250 e. The van der Waals surface area contributed by atoms with Crippen molar-refractivity contribution in [2.45, 2.75) is 19.4 Å². The summed E-state index contributed by atoms with van der Waals surface area (Å²) in [7, 11) is 0. The van der Waals surface area contributed by atoms with Crippen LogP contribution < -0.4 is 10.2 Å². The molecule has 2 heterocycles. The number of hydrogen-bond donors (Lipinski definition) is 1. The summed E-state index contributed by atoms with van der Waals surface area (Å²) >= 11 is 0. The van der Waals surface area contributed by atoms with Gasteiger partial charge in [-0.05, 0) is 48.0 Å². The molecule has 122 valence electrons. The highest BCUT2D eigenvalue weighted by atomic mass is 15.6. The fraction of sp³-hybridized carbons (Fsp3) is 0.278. The van der Waals surface area contributed by atoms with E-state index in [0.717, 1.165) is 36.8 Å². The van der Waals surface area contributed by atoms with Gasteiger partial charge in [0.25, 0.3) is 0 Å². The van der Waals surface area contributed by atoms with Gasteiger partial charge in [0.1, 0.15) is 0 Å². The lowest BCUT2D eigenvalue weighted by molar-refractivity contribution is 0.771. The van der Waals surface area contributed by atoms with Crippen molar-refractivity contribution in [1.29, 1.82) is 0 Å². The molecule has 6 nitrogen and oxygen atoms in total. The Morgan fingerprint density at radius 3 is 2.62 bits per heavy atom. The predicted molar refractivity (Wildman–Crippen MR) is 94.6 cm³/mol. The van der Waals surface area contributed by atoms with Gasteiger partial charge in [0.15, 0.2) is 0 Å². The average Bonchev–Trinajstić information content (AvgIpc) is 3.25. The third-order valence-corrected chi connectivity index (χ3v) is 4.35. The summed E-state index contributed by atoms with van der Waals surface area (Å²) in [6.45, 7) is 3.91. The smallest absolute Gasteiger partial charge is 0.250 e. The molecule has 2 aromatic carbocycles. The van der Waals surface area contributed by atoms with Gasteiger partial charge in [-0.25, -0.2) is 0 Å². The molecule has 1 N–H and O–H groups in total. The number of tetrazole rings is 1. The fourth-order valence-corrected chi connectivity index (χ4v) is 3.06. The van der Waals surface area contributed by atoms with E-state index in [9.17, 15) is 0 Å². The number of nitrogens with zero attached hydrogens (tertiary/aromatic N) is 5. The first-order valence-electron chi connectivity index (χ1n) is 8.21. The van der Waals surface area contributed by atoms with Crippen molar-refractivity contribution in [2.75, 3.05) is 23.3 Å². The third-order valence-electron chi connectivity index (χ3n) is 4.35. The van der Waals surface area contributed by atoms with Gasteiger partial charge in [0.05, 0.1) is 5.69 Å². The molecule has 0 aliphatic carbocycles. The van der Waals surface area contributed by atoms with Crippen molar-refractivity contribution in [2.24, 2.45) is 0 Å². The van der Waals surface area contributed by atoms with Gasteiger partial charge in [0.2, 0.25) is 5.95 Å². The second-order valence-corrected chi connectivity index (χ2v) is 6.17. The maximum absolute atomic E-state index is 4.24. The zero-order valence-corrected chi connectivity index (χ0v) is 13.6. The molecule has 0 saturated carbocycles. The highest BCUT2D eigenvalue weighted by molar-refractivity contribution is 5.47. The second kappa shape index (κ2) is 6.31. The van der Waals surface area contributed by atoms with Crippen LogP contribution in [0.25, 0.3) is 5.69 Å². The lowest BCUT2D eigenvalue weighted by Crippen LogP contribution is -2.28. The van der Waals surface area contributed by atoms with Gasteiger partial charge >= 0.3 is 0 Å². The van der Waals surface area contributed by atoms with E-state index >= 15 is 0 Å². The first-order chi connectivity index (χ1) is 11.8. The minimum atomic E-state index is 0.399. The van der Waals surface area contributed by atoms with Crippen molar-refractivity contribution in [3.8, 4) is 5.69 Å². The summed E-state index contributed by atoms with van der Waals surface area (Å²) in [6, 6.07) is 19.0. The minimum absolute atomic E-state index is 0.399. The molecule has 1 unspecified atom stereocenters. The van der Waals surface area contributed by atoms with E-state index in [0.29, 0.717) is 6.04 Å². The number of aryl methyl sites for hydroxylation is 1. The number of hydrogen-bond acceptors (Lipinski definition) is 5. The molecule has 0 bridgehead atoms. The van der Waals surface area contributed by atoms with Crippen LogP contribution in [0.4, 0.5) is 11.6 Å². The summed E-state index contributed by atoms with van der Waals surface area (Å²) in [4.78, 5) is 2.24. The molecular formula is C18H20N6. The van der Waals surface area contributed by atoms with Gasteiger partial charge in [-0.15, -0.1) is 0 Å². The summed E-state index contributed by atoms with van der Waals surface area (Å²) in [6.07, 6.45) is 1.07. The molecule has 24 heavy (non-hydrogen) atoms. The molecular weight excluding hydrogens is 300 g/mol. The Bertz CT molecular complexity index is 796. The number of anilines is 2. The van der Waals surface area contributed by atoms with Crippen LogP contribution in [0.15, 0.2) is 54.6 Å². The van der Waals surface area contributed by atoms with E-state index in [4.69, 9.17) is 0 Å².